The van der Waals surface area contributed by atoms with Crippen LogP contribution in [0.4, 0.5) is 11.4 Å². The highest BCUT2D eigenvalue weighted by Crippen LogP contribution is 2.33. The van der Waals surface area contributed by atoms with E-state index in [0.29, 0.717) is 12.2 Å². The Morgan fingerprint density at radius 2 is 1.82 bits per heavy atom. The van der Waals surface area contributed by atoms with Crippen molar-refractivity contribution in [1.29, 1.82) is 0 Å². The van der Waals surface area contributed by atoms with Crippen molar-refractivity contribution >= 4 is 39.0 Å². The molecule has 0 radical (unpaired) electrons. The summed E-state index contributed by atoms with van der Waals surface area (Å²) >= 11 is 0. The van der Waals surface area contributed by atoms with E-state index in [2.05, 4.69) is 47.6 Å². The predicted molar refractivity (Wildman–Crippen MR) is 114 cm³/mol. The van der Waals surface area contributed by atoms with Crippen molar-refractivity contribution in [2.75, 3.05) is 11.9 Å². The molecule has 0 saturated heterocycles. The molecule has 4 heteroatoms. The van der Waals surface area contributed by atoms with Gasteiger partial charge >= 0.3 is 5.97 Å². The first-order chi connectivity index (χ1) is 13.7. The first-order valence-corrected chi connectivity index (χ1v) is 9.54. The Morgan fingerprint density at radius 1 is 1.00 bits per heavy atom. The van der Waals surface area contributed by atoms with Gasteiger partial charge in [0.1, 0.15) is 5.56 Å². The number of fused-ring (bicyclic) bond motifs is 2. The minimum Gasteiger partial charge on any atom is -0.462 e. The summed E-state index contributed by atoms with van der Waals surface area (Å²) in [7, 11) is 0. The molecule has 1 N–H and O–H groups in total. The highest BCUT2D eigenvalue weighted by atomic mass is 16.5. The van der Waals surface area contributed by atoms with Gasteiger partial charge in [-0.15, -0.1) is 0 Å². The lowest BCUT2D eigenvalue weighted by atomic mass is 10.0. The van der Waals surface area contributed by atoms with Gasteiger partial charge in [0, 0.05) is 22.7 Å². The second-order valence-electron chi connectivity index (χ2n) is 6.62. The fraction of sp³-hybridized carbons (Fsp3) is 0.167. The van der Waals surface area contributed by atoms with Crippen molar-refractivity contribution in [2.45, 2.75) is 20.3 Å². The number of carbonyl (C=O) groups is 1. The third kappa shape index (κ3) is 3.29. The molecule has 1 aromatic heterocycles. The molecule has 4 nitrogen and oxygen atoms in total. The molecule has 3 aromatic carbocycles. The molecule has 0 aliphatic heterocycles. The fourth-order valence-corrected chi connectivity index (χ4v) is 3.43. The van der Waals surface area contributed by atoms with Gasteiger partial charge in [-0.1, -0.05) is 49.4 Å². The van der Waals surface area contributed by atoms with Crippen LogP contribution < -0.4 is 5.32 Å². The summed E-state index contributed by atoms with van der Waals surface area (Å²) in [5, 5.41) is 6.65. The maximum atomic E-state index is 12.6. The number of aryl methyl sites for hydroxylation is 1. The number of esters is 1. The van der Waals surface area contributed by atoms with Crippen molar-refractivity contribution in [3.63, 3.8) is 0 Å². The van der Waals surface area contributed by atoms with Crippen LogP contribution in [0.15, 0.2) is 66.9 Å². The molecule has 0 atom stereocenters. The molecule has 0 fully saturated rings. The Morgan fingerprint density at radius 3 is 2.64 bits per heavy atom. The van der Waals surface area contributed by atoms with Gasteiger partial charge in [-0.05, 0) is 42.5 Å². The Bertz CT molecular complexity index is 1160. The van der Waals surface area contributed by atoms with Crippen LogP contribution in [-0.2, 0) is 11.2 Å². The fourth-order valence-electron chi connectivity index (χ4n) is 3.43. The standard InChI is InChI=1S/C24H22N2O2/c1-3-16-12-13-21-19(14-16)23(20(15-25-21)24(27)28-4-2)26-22-11-7-9-17-8-5-6-10-18(17)22/h5-15H,3-4H2,1-2H3,(H,25,26). The molecular weight excluding hydrogens is 348 g/mol. The van der Waals surface area contributed by atoms with Crippen LogP contribution in [0.25, 0.3) is 21.7 Å². The Kier molecular flexibility index (Phi) is 4.94. The summed E-state index contributed by atoms with van der Waals surface area (Å²) in [6, 6.07) is 20.5. The third-order valence-corrected chi connectivity index (χ3v) is 4.89. The van der Waals surface area contributed by atoms with E-state index in [1.54, 1.807) is 13.1 Å². The number of anilines is 2. The first-order valence-electron chi connectivity index (χ1n) is 9.54. The van der Waals surface area contributed by atoms with E-state index in [0.717, 1.165) is 39.5 Å². The van der Waals surface area contributed by atoms with E-state index < -0.39 is 0 Å². The van der Waals surface area contributed by atoms with Crippen LogP contribution in [0.2, 0.25) is 0 Å². The molecule has 28 heavy (non-hydrogen) atoms. The number of pyridine rings is 1. The predicted octanol–water partition coefficient (Wildman–Crippen LogP) is 5.87. The average molecular weight is 370 g/mol. The van der Waals surface area contributed by atoms with Crippen LogP contribution >= 0.6 is 0 Å². The second-order valence-corrected chi connectivity index (χ2v) is 6.62. The van der Waals surface area contributed by atoms with Gasteiger partial charge in [-0.2, -0.15) is 0 Å². The van der Waals surface area contributed by atoms with E-state index in [9.17, 15) is 4.79 Å². The zero-order chi connectivity index (χ0) is 19.5. The molecule has 0 unspecified atom stereocenters. The molecule has 0 bridgehead atoms. The number of nitrogens with zero attached hydrogens (tertiary/aromatic N) is 1. The number of nitrogens with one attached hydrogen (secondary N) is 1. The lowest BCUT2D eigenvalue weighted by Gasteiger charge is -2.16. The van der Waals surface area contributed by atoms with Gasteiger partial charge in [0.25, 0.3) is 0 Å². The Balaban J connectivity index is 1.94. The smallest absolute Gasteiger partial charge is 0.341 e. The quantitative estimate of drug-likeness (QED) is 0.446. The number of hydrogen-bond donors (Lipinski definition) is 1. The van der Waals surface area contributed by atoms with Crippen molar-refractivity contribution in [1.82, 2.24) is 4.98 Å². The summed E-state index contributed by atoms with van der Waals surface area (Å²) in [4.78, 5) is 17.1. The molecule has 1 heterocycles. The number of carbonyl (C=O) groups excluding carboxylic acids is 1. The van der Waals surface area contributed by atoms with E-state index in [4.69, 9.17) is 4.74 Å². The second kappa shape index (κ2) is 7.69. The average Bonchev–Trinajstić information content (AvgIpc) is 2.74. The van der Waals surface area contributed by atoms with Gasteiger partial charge in [-0.25, -0.2) is 4.79 Å². The topological polar surface area (TPSA) is 51.2 Å². The lowest BCUT2D eigenvalue weighted by Crippen LogP contribution is -2.09. The summed E-state index contributed by atoms with van der Waals surface area (Å²) in [6.45, 7) is 4.24. The number of rotatable bonds is 5. The van der Waals surface area contributed by atoms with Gasteiger partial charge in [0.05, 0.1) is 17.8 Å². The first kappa shape index (κ1) is 18.0. The van der Waals surface area contributed by atoms with Crippen LogP contribution in [0.3, 0.4) is 0 Å². The molecule has 0 aliphatic carbocycles. The summed E-state index contributed by atoms with van der Waals surface area (Å²) in [6.07, 6.45) is 2.51. The number of ether oxygens (including phenoxy) is 1. The zero-order valence-electron chi connectivity index (χ0n) is 16.0. The Labute approximate surface area is 164 Å². The maximum absolute atomic E-state index is 12.6. The van der Waals surface area contributed by atoms with Gasteiger partial charge < -0.3 is 10.1 Å². The van der Waals surface area contributed by atoms with Gasteiger partial charge in [-0.3, -0.25) is 4.98 Å². The number of hydrogen-bond acceptors (Lipinski definition) is 4. The molecular formula is C24H22N2O2. The van der Waals surface area contributed by atoms with Crippen LogP contribution in [-0.4, -0.2) is 17.6 Å². The highest BCUT2D eigenvalue weighted by molar-refractivity contribution is 6.08. The molecule has 0 saturated carbocycles. The van der Waals surface area contributed by atoms with E-state index in [-0.39, 0.29) is 5.97 Å². The van der Waals surface area contributed by atoms with Crippen molar-refractivity contribution < 1.29 is 9.53 Å². The largest absolute Gasteiger partial charge is 0.462 e. The number of benzene rings is 3. The van der Waals surface area contributed by atoms with Crippen molar-refractivity contribution in [2.24, 2.45) is 0 Å². The molecule has 0 aliphatic rings. The zero-order valence-corrected chi connectivity index (χ0v) is 16.0. The number of aromatic nitrogens is 1. The van der Waals surface area contributed by atoms with Gasteiger partial charge in [0.2, 0.25) is 0 Å². The summed E-state index contributed by atoms with van der Waals surface area (Å²) in [5.41, 5.74) is 4.15. The van der Waals surface area contributed by atoms with E-state index in [1.165, 1.54) is 5.56 Å². The van der Waals surface area contributed by atoms with Crippen molar-refractivity contribution in [3.8, 4) is 0 Å². The SMILES string of the molecule is CCOC(=O)c1cnc2ccc(CC)cc2c1Nc1cccc2ccccc12. The molecule has 0 amide bonds. The van der Waals surface area contributed by atoms with Gasteiger partial charge in [0.15, 0.2) is 0 Å². The summed E-state index contributed by atoms with van der Waals surface area (Å²) < 4.78 is 5.28. The van der Waals surface area contributed by atoms with E-state index >= 15 is 0 Å². The van der Waals surface area contributed by atoms with Crippen LogP contribution in [0.1, 0.15) is 29.8 Å². The maximum Gasteiger partial charge on any atom is 0.341 e. The molecule has 140 valence electrons. The normalized spacial score (nSPS) is 10.9. The van der Waals surface area contributed by atoms with Crippen LogP contribution in [0.5, 0.6) is 0 Å². The lowest BCUT2D eigenvalue weighted by molar-refractivity contribution is 0.0527. The monoisotopic (exact) mass is 370 g/mol. The minimum absolute atomic E-state index is 0.319. The molecule has 4 rings (SSSR count). The van der Waals surface area contributed by atoms with Crippen molar-refractivity contribution in [3.05, 3.63) is 78.0 Å². The van der Waals surface area contributed by atoms with Crippen LogP contribution in [0, 0.1) is 0 Å². The summed E-state index contributed by atoms with van der Waals surface area (Å²) in [5.74, 6) is -0.374. The third-order valence-electron chi connectivity index (χ3n) is 4.89. The Hall–Kier alpha value is -3.40. The molecule has 4 aromatic rings. The minimum atomic E-state index is -0.374. The van der Waals surface area contributed by atoms with E-state index in [1.807, 2.05) is 30.3 Å². The highest BCUT2D eigenvalue weighted by Gasteiger charge is 2.18. The molecule has 0 spiro atoms.